The van der Waals surface area contributed by atoms with Crippen LogP contribution in [-0.4, -0.2) is 36.3 Å². The third-order valence-electron chi connectivity index (χ3n) is 6.89. The van der Waals surface area contributed by atoms with Crippen LogP contribution in [0.5, 0.6) is 11.5 Å². The molecular formula is C30H26N4O4. The van der Waals surface area contributed by atoms with Crippen LogP contribution in [0.15, 0.2) is 109 Å². The topological polar surface area (TPSA) is 65.6 Å². The number of fused-ring (bicyclic) bond motifs is 1. The first-order valence-electron chi connectivity index (χ1n) is 12.2. The Balaban J connectivity index is 1.53. The molecule has 2 aliphatic rings. The van der Waals surface area contributed by atoms with Crippen LogP contribution < -0.4 is 19.3 Å². The molecule has 0 N–H and O–H groups in total. The highest BCUT2D eigenvalue weighted by atomic mass is 16.5. The Bertz CT molecular complexity index is 1330. The Hall–Kier alpha value is -4.98. The summed E-state index contributed by atoms with van der Waals surface area (Å²) in [6, 6.07) is 33.1. The molecule has 0 aromatic heterocycles. The van der Waals surface area contributed by atoms with E-state index in [2.05, 4.69) is 0 Å². The van der Waals surface area contributed by atoms with Crippen molar-refractivity contribution in [3.63, 3.8) is 0 Å². The normalized spacial score (nSPS) is 18.7. The summed E-state index contributed by atoms with van der Waals surface area (Å²) in [5.74, 6) is 1.38. The van der Waals surface area contributed by atoms with Crippen molar-refractivity contribution in [2.75, 3.05) is 24.0 Å². The first-order valence-corrected chi connectivity index (χ1v) is 12.2. The van der Waals surface area contributed by atoms with Crippen molar-refractivity contribution in [2.45, 2.75) is 12.3 Å². The number of amides is 4. The highest BCUT2D eigenvalue weighted by Gasteiger charge is 2.59. The van der Waals surface area contributed by atoms with Gasteiger partial charge in [-0.1, -0.05) is 60.7 Å². The molecule has 0 unspecified atom stereocenters. The second kappa shape index (κ2) is 9.48. The third-order valence-corrected chi connectivity index (χ3v) is 6.89. The largest absolute Gasteiger partial charge is 0.497 e. The number of nitrogens with zero attached hydrogens (tertiary/aromatic N) is 4. The van der Waals surface area contributed by atoms with E-state index in [0.717, 1.165) is 11.1 Å². The van der Waals surface area contributed by atoms with E-state index in [1.54, 1.807) is 34.0 Å². The number of urea groups is 2. The first kappa shape index (κ1) is 23.4. The van der Waals surface area contributed by atoms with Gasteiger partial charge in [-0.05, 0) is 59.7 Å². The highest BCUT2D eigenvalue weighted by molar-refractivity contribution is 6.05. The summed E-state index contributed by atoms with van der Waals surface area (Å²) in [6.45, 7) is 0. The van der Waals surface area contributed by atoms with Gasteiger partial charge in [0.1, 0.15) is 11.5 Å². The van der Waals surface area contributed by atoms with Gasteiger partial charge in [-0.3, -0.25) is 9.80 Å². The van der Waals surface area contributed by atoms with Gasteiger partial charge < -0.3 is 9.47 Å². The van der Waals surface area contributed by atoms with Crippen molar-refractivity contribution in [3.8, 4) is 11.5 Å². The summed E-state index contributed by atoms with van der Waals surface area (Å²) in [5, 5.41) is 3.11. The van der Waals surface area contributed by atoms with Crippen LogP contribution in [0.2, 0.25) is 0 Å². The minimum absolute atomic E-state index is 0.301. The maximum Gasteiger partial charge on any atom is 0.347 e. The van der Waals surface area contributed by atoms with Crippen molar-refractivity contribution < 1.29 is 19.1 Å². The van der Waals surface area contributed by atoms with Gasteiger partial charge in [0.25, 0.3) is 0 Å². The predicted octanol–water partition coefficient (Wildman–Crippen LogP) is 6.20. The summed E-state index contributed by atoms with van der Waals surface area (Å²) in [6.07, 6.45) is -1.39. The number of rotatable bonds is 6. The number of hydrazine groups is 1. The molecule has 2 saturated heterocycles. The molecule has 0 spiro atoms. The van der Waals surface area contributed by atoms with Crippen molar-refractivity contribution in [3.05, 3.63) is 120 Å². The minimum Gasteiger partial charge on any atom is -0.497 e. The lowest BCUT2D eigenvalue weighted by Gasteiger charge is -2.29. The van der Waals surface area contributed by atoms with Crippen molar-refractivity contribution in [1.82, 2.24) is 10.0 Å². The molecule has 8 nitrogen and oxygen atoms in total. The van der Waals surface area contributed by atoms with E-state index in [0.29, 0.717) is 22.9 Å². The molecule has 8 heteroatoms. The van der Waals surface area contributed by atoms with Crippen LogP contribution in [0, 0.1) is 0 Å². The molecule has 38 heavy (non-hydrogen) atoms. The number of benzene rings is 4. The molecule has 4 aromatic carbocycles. The molecule has 0 radical (unpaired) electrons. The summed E-state index contributed by atoms with van der Waals surface area (Å²) in [5.41, 5.74) is 2.95. The Morgan fingerprint density at radius 1 is 0.500 bits per heavy atom. The van der Waals surface area contributed by atoms with E-state index in [1.165, 1.54) is 0 Å². The molecule has 190 valence electrons. The molecule has 6 rings (SSSR count). The molecular weight excluding hydrogens is 480 g/mol. The van der Waals surface area contributed by atoms with Gasteiger partial charge in [0.15, 0.2) is 12.3 Å². The average Bonchev–Trinajstić information content (AvgIpc) is 3.45. The van der Waals surface area contributed by atoms with Gasteiger partial charge in [-0.2, -0.15) is 0 Å². The van der Waals surface area contributed by atoms with Crippen molar-refractivity contribution in [2.24, 2.45) is 0 Å². The lowest BCUT2D eigenvalue weighted by molar-refractivity contribution is 0.0696. The Morgan fingerprint density at radius 2 is 0.842 bits per heavy atom. The fourth-order valence-electron chi connectivity index (χ4n) is 5.09. The maximum absolute atomic E-state index is 14.3. The number of carbonyl (C=O) groups excluding carboxylic acids is 2. The number of ether oxygens (including phenoxy) is 2. The van der Waals surface area contributed by atoms with Crippen molar-refractivity contribution >= 4 is 23.4 Å². The van der Waals surface area contributed by atoms with E-state index < -0.39 is 12.3 Å². The zero-order valence-corrected chi connectivity index (χ0v) is 21.0. The molecule has 0 aliphatic carbocycles. The van der Waals surface area contributed by atoms with Crippen LogP contribution in [-0.2, 0) is 0 Å². The average molecular weight is 507 g/mol. The number of carbonyl (C=O) groups is 2. The molecule has 2 atom stereocenters. The molecule has 2 aliphatic heterocycles. The summed E-state index contributed by atoms with van der Waals surface area (Å²) in [4.78, 5) is 31.9. The van der Waals surface area contributed by atoms with Gasteiger partial charge >= 0.3 is 12.1 Å². The molecule has 0 saturated carbocycles. The Kier molecular flexibility index (Phi) is 5.84. The van der Waals surface area contributed by atoms with Crippen LogP contribution in [0.25, 0.3) is 0 Å². The predicted molar refractivity (Wildman–Crippen MR) is 144 cm³/mol. The van der Waals surface area contributed by atoms with Crippen LogP contribution >= 0.6 is 0 Å². The van der Waals surface area contributed by atoms with E-state index >= 15 is 0 Å². The number of hydrogen-bond acceptors (Lipinski definition) is 4. The Morgan fingerprint density at radius 3 is 1.16 bits per heavy atom. The summed E-state index contributed by atoms with van der Waals surface area (Å²) >= 11 is 0. The summed E-state index contributed by atoms with van der Waals surface area (Å²) < 4.78 is 10.7. The third kappa shape index (κ3) is 3.69. The van der Waals surface area contributed by atoms with Gasteiger partial charge in [0.05, 0.1) is 14.2 Å². The maximum atomic E-state index is 14.3. The zero-order valence-electron chi connectivity index (χ0n) is 21.0. The quantitative estimate of drug-likeness (QED) is 0.312. The molecule has 2 heterocycles. The van der Waals surface area contributed by atoms with E-state index in [-0.39, 0.29) is 12.1 Å². The molecule has 2 fully saturated rings. The second-order valence-corrected chi connectivity index (χ2v) is 8.96. The number of methoxy groups -OCH3 is 2. The monoisotopic (exact) mass is 506 g/mol. The van der Waals surface area contributed by atoms with E-state index in [4.69, 9.17) is 9.47 Å². The van der Waals surface area contributed by atoms with Gasteiger partial charge in [-0.25, -0.2) is 19.6 Å². The lowest BCUT2D eigenvalue weighted by Crippen LogP contribution is -2.40. The van der Waals surface area contributed by atoms with E-state index in [1.807, 2.05) is 109 Å². The lowest BCUT2D eigenvalue weighted by atomic mass is 10.1. The second-order valence-electron chi connectivity index (χ2n) is 8.96. The number of para-hydroxylation sites is 2. The summed E-state index contributed by atoms with van der Waals surface area (Å²) in [7, 11) is 3.21. The number of hydrogen-bond donors (Lipinski definition) is 0. The SMILES string of the molecule is COc1ccc([C@@H]2N(c3ccccc3)C(=O)N3[C@@H](c4ccc(OC)cc4)N(c4ccccc4)C(=O)N23)cc1. The zero-order chi connectivity index (χ0) is 26.2. The van der Waals surface area contributed by atoms with Gasteiger partial charge in [-0.15, -0.1) is 0 Å². The van der Waals surface area contributed by atoms with Crippen LogP contribution in [0.3, 0.4) is 0 Å². The molecule has 4 aromatic rings. The molecule has 0 bridgehead atoms. The van der Waals surface area contributed by atoms with Crippen molar-refractivity contribution in [1.29, 1.82) is 0 Å². The Labute approximate surface area is 220 Å². The van der Waals surface area contributed by atoms with Gasteiger partial charge in [0, 0.05) is 11.4 Å². The van der Waals surface area contributed by atoms with Crippen LogP contribution in [0.1, 0.15) is 23.5 Å². The fraction of sp³-hybridized carbons (Fsp3) is 0.133. The van der Waals surface area contributed by atoms with E-state index in [9.17, 15) is 9.59 Å². The van der Waals surface area contributed by atoms with Gasteiger partial charge in [0.2, 0.25) is 0 Å². The first-order chi connectivity index (χ1) is 18.6. The number of anilines is 2. The minimum atomic E-state index is -0.697. The smallest absolute Gasteiger partial charge is 0.347 e. The fourth-order valence-corrected chi connectivity index (χ4v) is 5.09. The molecule has 4 amide bonds. The van der Waals surface area contributed by atoms with Crippen LogP contribution in [0.4, 0.5) is 21.0 Å². The standard InChI is InChI=1S/C30H26N4O4/c1-37-25-17-13-21(14-18-25)27-31(23-9-5-3-6-10-23)29(35)34-28(22-15-19-26(38-2)20-16-22)32(30(36)33(27)34)24-11-7-4-8-12-24/h3-20,27-28H,1-2H3/t27-,28+. The highest BCUT2D eigenvalue weighted by Crippen LogP contribution is 2.49.